The van der Waals surface area contributed by atoms with E-state index >= 15 is 0 Å². The zero-order chi connectivity index (χ0) is 35.1. The van der Waals surface area contributed by atoms with Crippen LogP contribution >= 0.6 is 0 Å². The minimum Gasteiger partial charge on any atom is -0.390 e. The van der Waals surface area contributed by atoms with Gasteiger partial charge in [-0.15, -0.1) is 12.3 Å². The summed E-state index contributed by atoms with van der Waals surface area (Å²) in [6, 6.07) is 7.70. The summed E-state index contributed by atoms with van der Waals surface area (Å²) in [5, 5.41) is 27.6. The molecule has 5 atom stereocenters. The van der Waals surface area contributed by atoms with Gasteiger partial charge in [0.1, 0.15) is 12.1 Å². The van der Waals surface area contributed by atoms with Gasteiger partial charge in [0.05, 0.1) is 29.6 Å². The van der Waals surface area contributed by atoms with Gasteiger partial charge in [-0.25, -0.2) is 8.42 Å². The van der Waals surface area contributed by atoms with Crippen LogP contribution in [0.3, 0.4) is 0 Å². The summed E-state index contributed by atoms with van der Waals surface area (Å²) in [6.07, 6.45) is 9.71. The van der Waals surface area contributed by atoms with Gasteiger partial charge in [-0.3, -0.25) is 14.5 Å². The van der Waals surface area contributed by atoms with Crippen molar-refractivity contribution in [3.05, 3.63) is 35.9 Å². The van der Waals surface area contributed by atoms with Crippen molar-refractivity contribution in [2.75, 3.05) is 18.1 Å². The fourth-order valence-corrected chi connectivity index (χ4v) is 8.27. The molecule has 1 fully saturated rings. The summed E-state index contributed by atoms with van der Waals surface area (Å²) >= 11 is 0. The Balaban J connectivity index is 2.26. The van der Waals surface area contributed by atoms with Crippen molar-refractivity contribution in [3.63, 3.8) is 0 Å². The predicted octanol–water partition coefficient (Wildman–Crippen LogP) is 4.11. The lowest BCUT2D eigenvalue weighted by Gasteiger charge is -2.33. The second-order valence-corrected chi connectivity index (χ2v) is 16.7. The number of aliphatic hydroxyl groups is 2. The summed E-state index contributed by atoms with van der Waals surface area (Å²) in [5.41, 5.74) is 0.807. The van der Waals surface area contributed by atoms with Gasteiger partial charge in [-0.2, -0.15) is 0 Å². The van der Waals surface area contributed by atoms with E-state index in [0.29, 0.717) is 25.3 Å². The van der Waals surface area contributed by atoms with Crippen LogP contribution in [-0.2, 0) is 25.8 Å². The average Bonchev–Trinajstić information content (AvgIpc) is 3.00. The molecule has 1 aromatic carbocycles. The summed E-state index contributed by atoms with van der Waals surface area (Å²) < 4.78 is 26.8. The van der Waals surface area contributed by atoms with Gasteiger partial charge in [0.15, 0.2) is 9.84 Å². The van der Waals surface area contributed by atoms with Crippen molar-refractivity contribution in [2.45, 2.75) is 136 Å². The molecule has 0 saturated heterocycles. The molecule has 9 nitrogen and oxygen atoms in total. The summed E-state index contributed by atoms with van der Waals surface area (Å²) in [5.74, 6) is 0.393. The van der Waals surface area contributed by atoms with E-state index in [1.807, 2.05) is 71.9 Å². The Hall–Kier alpha value is -2.45. The van der Waals surface area contributed by atoms with Crippen molar-refractivity contribution in [2.24, 2.45) is 17.8 Å². The van der Waals surface area contributed by atoms with E-state index in [9.17, 15) is 28.2 Å². The van der Waals surface area contributed by atoms with Crippen LogP contribution in [0.4, 0.5) is 0 Å². The molecular weight excluding hydrogens is 614 g/mol. The first-order valence-electron chi connectivity index (χ1n) is 17.5. The molecule has 1 aliphatic rings. The van der Waals surface area contributed by atoms with Gasteiger partial charge in [0.2, 0.25) is 11.8 Å². The molecule has 47 heavy (non-hydrogen) atoms. The quantitative estimate of drug-likeness (QED) is 0.153. The Morgan fingerprint density at radius 2 is 1.57 bits per heavy atom. The molecule has 2 rings (SSSR count). The fourth-order valence-electron chi connectivity index (χ4n) is 6.73. The second-order valence-electron chi connectivity index (χ2n) is 14.4. The van der Waals surface area contributed by atoms with E-state index in [4.69, 9.17) is 6.42 Å². The number of carbonyl (C=O) groups excluding carboxylic acids is 2. The van der Waals surface area contributed by atoms with Crippen LogP contribution in [0.25, 0.3) is 0 Å². The number of terminal acetylenes is 1. The highest BCUT2D eigenvalue weighted by Crippen LogP contribution is 2.29. The van der Waals surface area contributed by atoms with Gasteiger partial charge < -0.3 is 20.8 Å². The zero-order valence-corrected chi connectivity index (χ0v) is 30.3. The first-order chi connectivity index (χ1) is 22.1. The lowest BCUT2D eigenvalue weighted by atomic mass is 9.82. The number of hydrogen-bond acceptors (Lipinski definition) is 7. The highest BCUT2D eigenvalue weighted by molar-refractivity contribution is 7.91. The number of aliphatic hydroxyl groups excluding tert-OH is 2. The molecule has 0 aromatic heterocycles. The number of nitrogens with one attached hydrogen (secondary N) is 2. The first kappa shape index (κ1) is 40.7. The summed E-state index contributed by atoms with van der Waals surface area (Å²) in [6.45, 7) is 12.4. The van der Waals surface area contributed by atoms with Crippen molar-refractivity contribution in [3.8, 4) is 12.3 Å². The van der Waals surface area contributed by atoms with E-state index < -0.39 is 51.9 Å². The molecule has 2 amide bonds. The van der Waals surface area contributed by atoms with E-state index in [1.165, 1.54) is 0 Å². The molecule has 0 heterocycles. The van der Waals surface area contributed by atoms with Gasteiger partial charge in [-0.05, 0) is 64.4 Å². The normalized spacial score (nSPS) is 17.7. The zero-order valence-electron chi connectivity index (χ0n) is 29.5. The van der Waals surface area contributed by atoms with Crippen LogP contribution in [0.15, 0.2) is 30.3 Å². The third kappa shape index (κ3) is 14.7. The highest BCUT2D eigenvalue weighted by atomic mass is 32.2. The van der Waals surface area contributed by atoms with Gasteiger partial charge in [-0.1, -0.05) is 76.3 Å². The smallest absolute Gasteiger partial charge is 0.243 e. The van der Waals surface area contributed by atoms with Crippen molar-refractivity contribution < 1.29 is 28.2 Å². The third-order valence-corrected chi connectivity index (χ3v) is 11.0. The number of nitrogens with zero attached hydrogens (tertiary/aromatic N) is 1. The molecule has 266 valence electrons. The minimum atomic E-state index is -3.65. The largest absolute Gasteiger partial charge is 0.390 e. The molecule has 1 aliphatic carbocycles. The maximum absolute atomic E-state index is 13.8. The van der Waals surface area contributed by atoms with Crippen LogP contribution in [0.1, 0.15) is 98.5 Å². The van der Waals surface area contributed by atoms with Crippen LogP contribution in [0.2, 0.25) is 0 Å². The van der Waals surface area contributed by atoms with Gasteiger partial charge in [0.25, 0.3) is 0 Å². The summed E-state index contributed by atoms with van der Waals surface area (Å²) in [7, 11) is -3.65. The maximum atomic E-state index is 13.8. The molecule has 0 radical (unpaired) electrons. The molecule has 0 aliphatic heterocycles. The Bertz CT molecular complexity index is 1220. The third-order valence-electron chi connectivity index (χ3n) is 9.25. The van der Waals surface area contributed by atoms with Crippen molar-refractivity contribution in [1.29, 1.82) is 0 Å². The van der Waals surface area contributed by atoms with Gasteiger partial charge in [0, 0.05) is 25.0 Å². The van der Waals surface area contributed by atoms with E-state index in [-0.39, 0.29) is 42.3 Å². The Morgan fingerprint density at radius 1 is 0.957 bits per heavy atom. The molecule has 10 heteroatoms. The number of carbonyl (C=O) groups is 2. The molecule has 0 bridgehead atoms. The lowest BCUT2D eigenvalue weighted by Crippen LogP contribution is -2.56. The predicted molar refractivity (Wildman–Crippen MR) is 189 cm³/mol. The fraction of sp³-hybridized carbons (Fsp3) is 0.730. The Labute approximate surface area is 284 Å². The lowest BCUT2D eigenvalue weighted by molar-refractivity contribution is -0.132. The van der Waals surface area contributed by atoms with Crippen molar-refractivity contribution in [1.82, 2.24) is 15.5 Å². The number of rotatable bonds is 20. The van der Waals surface area contributed by atoms with Crippen molar-refractivity contribution >= 4 is 21.7 Å². The minimum absolute atomic E-state index is 0.0877. The van der Waals surface area contributed by atoms with E-state index in [0.717, 1.165) is 37.7 Å². The highest BCUT2D eigenvalue weighted by Gasteiger charge is 2.34. The molecular formula is C37H61N3O6S. The number of benzene rings is 1. The first-order valence-corrected chi connectivity index (χ1v) is 19.4. The van der Waals surface area contributed by atoms with Gasteiger partial charge >= 0.3 is 0 Å². The maximum Gasteiger partial charge on any atom is 0.243 e. The van der Waals surface area contributed by atoms with Crippen LogP contribution in [-0.4, -0.2) is 89.8 Å². The Kier molecular flexibility index (Phi) is 17.5. The second kappa shape index (κ2) is 20.2. The number of hydrogen-bond donors (Lipinski definition) is 4. The average molecular weight is 676 g/mol. The van der Waals surface area contributed by atoms with Crippen LogP contribution < -0.4 is 10.6 Å². The molecule has 4 N–H and O–H groups in total. The summed E-state index contributed by atoms with van der Waals surface area (Å²) in [4.78, 5) is 29.6. The SMILES string of the molecule is C#CC[C@H](NC(=O)[C@H](Cc1ccccc1)CS(=O)(=O)CCN(C(C)C)C(C)C)C(=O)N[C@@H](CC1CCCCC1)[C@@H](O)[C@@H](O)CC(C)C. The van der Waals surface area contributed by atoms with E-state index in [1.54, 1.807) is 0 Å². The van der Waals surface area contributed by atoms with Crippen LogP contribution in [0, 0.1) is 30.1 Å². The van der Waals surface area contributed by atoms with Crippen LogP contribution in [0.5, 0.6) is 0 Å². The monoisotopic (exact) mass is 675 g/mol. The topological polar surface area (TPSA) is 136 Å². The standard InChI is InChI=1S/C37H61N3O6S/c1-8-15-32(37(44)39-33(24-30-18-13-10-14-19-30)35(42)34(41)22-26(2)3)38-36(43)31(23-29-16-11-9-12-17-29)25-47(45,46)21-20-40(27(4)5)28(6)7/h1,9,11-12,16-17,26-28,30-35,41-42H,10,13-15,18-25H2,2-7H3,(H,38,43)(H,39,44)/t31-,32+,33+,34+,35-/m1/s1. The number of sulfone groups is 1. The molecule has 1 saturated carbocycles. The number of amides is 2. The molecule has 0 spiro atoms. The Morgan fingerprint density at radius 3 is 2.13 bits per heavy atom. The van der Waals surface area contributed by atoms with E-state index in [2.05, 4.69) is 21.5 Å². The molecule has 0 unspecified atom stereocenters. The molecule has 1 aromatic rings.